The maximum atomic E-state index is 11.4. The number of benzene rings is 1. The van der Waals surface area contributed by atoms with Gasteiger partial charge in [0.05, 0.1) is 7.11 Å². The van der Waals surface area contributed by atoms with Gasteiger partial charge in [-0.25, -0.2) is 0 Å². The molecule has 0 aliphatic carbocycles. The molecule has 0 bridgehead atoms. The van der Waals surface area contributed by atoms with E-state index in [1.165, 1.54) is 0 Å². The molecule has 0 aromatic heterocycles. The minimum atomic E-state index is -0.279. The maximum Gasteiger partial charge on any atom is 0.323 e. The highest BCUT2D eigenvalue weighted by Crippen LogP contribution is 2.12. The molecule has 4 heteroatoms. The minimum Gasteiger partial charge on any atom is -0.497 e. The SMILES string of the molecule is CNC(C)C(=O)OCc1ccc(OC)cc1. The summed E-state index contributed by atoms with van der Waals surface area (Å²) in [7, 11) is 3.34. The Morgan fingerprint density at radius 1 is 1.38 bits per heavy atom. The Hall–Kier alpha value is -1.55. The van der Waals surface area contributed by atoms with E-state index < -0.39 is 0 Å². The van der Waals surface area contributed by atoms with Gasteiger partial charge in [0.25, 0.3) is 0 Å². The van der Waals surface area contributed by atoms with Crippen molar-refractivity contribution in [2.45, 2.75) is 19.6 Å². The summed E-state index contributed by atoms with van der Waals surface area (Å²) in [5.74, 6) is 0.539. The number of methoxy groups -OCH3 is 1. The van der Waals surface area contributed by atoms with Crippen LogP contribution in [-0.2, 0) is 16.1 Å². The fraction of sp³-hybridized carbons (Fsp3) is 0.417. The van der Waals surface area contributed by atoms with E-state index in [1.54, 1.807) is 21.1 Å². The summed E-state index contributed by atoms with van der Waals surface area (Å²) < 4.78 is 10.1. The lowest BCUT2D eigenvalue weighted by Gasteiger charge is -2.10. The van der Waals surface area contributed by atoms with Gasteiger partial charge in [0.15, 0.2) is 0 Å². The molecule has 0 fully saturated rings. The van der Waals surface area contributed by atoms with Crippen molar-refractivity contribution in [3.8, 4) is 5.75 Å². The predicted molar refractivity (Wildman–Crippen MR) is 61.3 cm³/mol. The number of carbonyl (C=O) groups excluding carboxylic acids is 1. The Labute approximate surface area is 95.6 Å². The molecule has 0 radical (unpaired) electrons. The molecule has 1 N–H and O–H groups in total. The summed E-state index contributed by atoms with van der Waals surface area (Å²) >= 11 is 0. The molecule has 88 valence electrons. The Balaban J connectivity index is 2.45. The van der Waals surface area contributed by atoms with Crippen LogP contribution in [-0.4, -0.2) is 26.2 Å². The number of carbonyl (C=O) groups is 1. The van der Waals surface area contributed by atoms with E-state index in [-0.39, 0.29) is 18.6 Å². The molecule has 16 heavy (non-hydrogen) atoms. The second-order valence-corrected chi connectivity index (χ2v) is 3.47. The van der Waals surface area contributed by atoms with Crippen molar-refractivity contribution in [1.82, 2.24) is 5.32 Å². The van der Waals surface area contributed by atoms with Gasteiger partial charge in [0.2, 0.25) is 0 Å². The van der Waals surface area contributed by atoms with E-state index in [0.717, 1.165) is 11.3 Å². The Kier molecular flexibility index (Phi) is 4.79. The van der Waals surface area contributed by atoms with Crippen LogP contribution >= 0.6 is 0 Å². The maximum absolute atomic E-state index is 11.4. The van der Waals surface area contributed by atoms with E-state index in [4.69, 9.17) is 9.47 Å². The Morgan fingerprint density at radius 2 is 2.00 bits per heavy atom. The van der Waals surface area contributed by atoms with Gasteiger partial charge in [0, 0.05) is 0 Å². The number of esters is 1. The quantitative estimate of drug-likeness (QED) is 0.765. The Bertz CT molecular complexity index is 335. The molecule has 4 nitrogen and oxygen atoms in total. The molecular formula is C12H17NO3. The first-order valence-electron chi connectivity index (χ1n) is 5.14. The van der Waals surface area contributed by atoms with Crippen LogP contribution in [0.25, 0.3) is 0 Å². The van der Waals surface area contributed by atoms with Crippen molar-refractivity contribution in [2.75, 3.05) is 14.2 Å². The number of rotatable bonds is 5. The van der Waals surface area contributed by atoms with Gasteiger partial charge in [-0.05, 0) is 31.7 Å². The summed E-state index contributed by atoms with van der Waals surface area (Å²) in [6.07, 6.45) is 0. The highest BCUT2D eigenvalue weighted by Gasteiger charge is 2.11. The minimum absolute atomic E-state index is 0.252. The lowest BCUT2D eigenvalue weighted by molar-refractivity contribution is -0.146. The second-order valence-electron chi connectivity index (χ2n) is 3.47. The molecule has 0 aliphatic rings. The molecule has 0 amide bonds. The van der Waals surface area contributed by atoms with Crippen molar-refractivity contribution in [2.24, 2.45) is 0 Å². The molecule has 1 atom stereocenters. The third kappa shape index (κ3) is 3.55. The topological polar surface area (TPSA) is 47.6 Å². The van der Waals surface area contributed by atoms with Crippen molar-refractivity contribution >= 4 is 5.97 Å². The first-order chi connectivity index (χ1) is 7.67. The van der Waals surface area contributed by atoms with Gasteiger partial charge in [-0.15, -0.1) is 0 Å². The average Bonchev–Trinajstić information content (AvgIpc) is 2.35. The third-order valence-corrected chi connectivity index (χ3v) is 2.33. The summed E-state index contributed by atoms with van der Waals surface area (Å²) in [5, 5.41) is 2.82. The zero-order valence-electron chi connectivity index (χ0n) is 9.82. The number of ether oxygens (including phenoxy) is 2. The van der Waals surface area contributed by atoms with E-state index in [1.807, 2.05) is 24.3 Å². The molecule has 0 spiro atoms. The smallest absolute Gasteiger partial charge is 0.323 e. The molecule has 0 heterocycles. The lowest BCUT2D eigenvalue weighted by Crippen LogP contribution is -2.32. The molecule has 1 aromatic rings. The number of hydrogen-bond acceptors (Lipinski definition) is 4. The predicted octanol–water partition coefficient (Wildman–Crippen LogP) is 1.35. The summed E-state index contributed by atoms with van der Waals surface area (Å²) in [6, 6.07) is 7.14. The van der Waals surface area contributed by atoms with Gasteiger partial charge in [-0.1, -0.05) is 12.1 Å². The largest absolute Gasteiger partial charge is 0.497 e. The van der Waals surface area contributed by atoms with Crippen molar-refractivity contribution < 1.29 is 14.3 Å². The zero-order chi connectivity index (χ0) is 12.0. The van der Waals surface area contributed by atoms with Crippen LogP contribution in [0.2, 0.25) is 0 Å². The summed E-state index contributed by atoms with van der Waals surface area (Å²) in [6.45, 7) is 2.05. The fourth-order valence-corrected chi connectivity index (χ4v) is 1.12. The van der Waals surface area contributed by atoms with E-state index in [2.05, 4.69) is 5.32 Å². The van der Waals surface area contributed by atoms with E-state index in [0.29, 0.717) is 0 Å². The normalized spacial score (nSPS) is 11.9. The molecule has 0 saturated heterocycles. The van der Waals surface area contributed by atoms with Gasteiger partial charge in [0.1, 0.15) is 18.4 Å². The van der Waals surface area contributed by atoms with Crippen LogP contribution in [0.5, 0.6) is 5.75 Å². The first kappa shape index (κ1) is 12.5. The average molecular weight is 223 g/mol. The monoisotopic (exact) mass is 223 g/mol. The van der Waals surface area contributed by atoms with Crippen LogP contribution in [0.3, 0.4) is 0 Å². The highest BCUT2D eigenvalue weighted by atomic mass is 16.5. The molecule has 1 rings (SSSR count). The van der Waals surface area contributed by atoms with Gasteiger partial charge < -0.3 is 14.8 Å². The van der Waals surface area contributed by atoms with Crippen LogP contribution < -0.4 is 10.1 Å². The Morgan fingerprint density at radius 3 is 2.50 bits per heavy atom. The van der Waals surface area contributed by atoms with Crippen LogP contribution in [0, 0.1) is 0 Å². The number of hydrogen-bond donors (Lipinski definition) is 1. The summed E-state index contributed by atoms with van der Waals surface area (Å²) in [5.41, 5.74) is 0.942. The van der Waals surface area contributed by atoms with Crippen LogP contribution in [0.4, 0.5) is 0 Å². The first-order valence-corrected chi connectivity index (χ1v) is 5.14. The van der Waals surface area contributed by atoms with E-state index in [9.17, 15) is 4.79 Å². The standard InChI is InChI=1S/C12H17NO3/c1-9(13-2)12(14)16-8-10-4-6-11(15-3)7-5-10/h4-7,9,13H,8H2,1-3H3. The van der Waals surface area contributed by atoms with E-state index >= 15 is 0 Å². The molecule has 1 aromatic carbocycles. The van der Waals surface area contributed by atoms with Crippen molar-refractivity contribution in [3.63, 3.8) is 0 Å². The van der Waals surface area contributed by atoms with Crippen LogP contribution in [0.15, 0.2) is 24.3 Å². The molecule has 0 aliphatic heterocycles. The highest BCUT2D eigenvalue weighted by molar-refractivity contribution is 5.75. The summed E-state index contributed by atoms with van der Waals surface area (Å²) in [4.78, 5) is 11.4. The molecule has 1 unspecified atom stereocenters. The van der Waals surface area contributed by atoms with Crippen molar-refractivity contribution in [3.05, 3.63) is 29.8 Å². The van der Waals surface area contributed by atoms with Crippen molar-refractivity contribution in [1.29, 1.82) is 0 Å². The number of nitrogens with one attached hydrogen (secondary N) is 1. The fourth-order valence-electron chi connectivity index (χ4n) is 1.12. The lowest BCUT2D eigenvalue weighted by atomic mass is 10.2. The molecular weight excluding hydrogens is 206 g/mol. The number of likely N-dealkylation sites (N-methyl/N-ethyl adjacent to an activating group) is 1. The second kappa shape index (κ2) is 6.12. The van der Waals surface area contributed by atoms with Gasteiger partial charge >= 0.3 is 5.97 Å². The van der Waals surface area contributed by atoms with Gasteiger partial charge in [-0.2, -0.15) is 0 Å². The third-order valence-electron chi connectivity index (χ3n) is 2.33. The van der Waals surface area contributed by atoms with Crippen LogP contribution in [0.1, 0.15) is 12.5 Å². The van der Waals surface area contributed by atoms with Gasteiger partial charge in [-0.3, -0.25) is 4.79 Å². The zero-order valence-corrected chi connectivity index (χ0v) is 9.82. The molecule has 0 saturated carbocycles.